The van der Waals surface area contributed by atoms with Crippen molar-refractivity contribution in [3.05, 3.63) is 75.5 Å². The van der Waals surface area contributed by atoms with Gasteiger partial charge in [-0.15, -0.1) is 0 Å². The van der Waals surface area contributed by atoms with Crippen LogP contribution < -0.4 is 10.9 Å². The van der Waals surface area contributed by atoms with E-state index in [0.717, 1.165) is 27.7 Å². The van der Waals surface area contributed by atoms with E-state index in [1.54, 1.807) is 23.1 Å². The zero-order chi connectivity index (χ0) is 24.0. The molecule has 4 heterocycles. The summed E-state index contributed by atoms with van der Waals surface area (Å²) in [6, 6.07) is 9.62. The van der Waals surface area contributed by atoms with Crippen LogP contribution in [0.25, 0.3) is 33.2 Å². The number of aromatic nitrogens is 6. The number of aromatic amines is 2. The van der Waals surface area contributed by atoms with Gasteiger partial charge in [-0.3, -0.25) is 14.7 Å². The van der Waals surface area contributed by atoms with Crippen molar-refractivity contribution < 1.29 is 4.79 Å². The van der Waals surface area contributed by atoms with Gasteiger partial charge in [-0.25, -0.2) is 9.67 Å². The largest absolute Gasteiger partial charge is 0.348 e. The number of pyridine rings is 2. The molecule has 0 spiro atoms. The topological polar surface area (TPSA) is 121 Å². The van der Waals surface area contributed by atoms with E-state index in [1.807, 2.05) is 52.0 Å². The summed E-state index contributed by atoms with van der Waals surface area (Å²) in [7, 11) is 0. The number of benzene rings is 1. The van der Waals surface area contributed by atoms with Gasteiger partial charge >= 0.3 is 0 Å². The van der Waals surface area contributed by atoms with Gasteiger partial charge in [-0.1, -0.05) is 12.1 Å². The Labute approximate surface area is 195 Å². The molecule has 0 unspecified atom stereocenters. The number of hydrogen-bond acceptors (Lipinski definition) is 5. The molecule has 4 aromatic heterocycles. The summed E-state index contributed by atoms with van der Waals surface area (Å²) >= 11 is 0. The molecular weight excluding hydrogens is 430 g/mol. The summed E-state index contributed by atoms with van der Waals surface area (Å²) in [4.78, 5) is 33.4. The molecule has 5 rings (SSSR count). The predicted molar refractivity (Wildman–Crippen MR) is 131 cm³/mol. The Morgan fingerprint density at radius 2 is 1.97 bits per heavy atom. The second kappa shape index (κ2) is 8.26. The van der Waals surface area contributed by atoms with Crippen molar-refractivity contribution in [1.29, 1.82) is 0 Å². The highest BCUT2D eigenvalue weighted by Gasteiger charge is 2.19. The molecule has 172 valence electrons. The first-order valence-electron chi connectivity index (χ1n) is 11.1. The average Bonchev–Trinajstić information content (AvgIpc) is 3.43. The van der Waals surface area contributed by atoms with Gasteiger partial charge in [0.15, 0.2) is 5.65 Å². The molecule has 0 atom stereocenters. The predicted octanol–water partition coefficient (Wildman–Crippen LogP) is 3.79. The van der Waals surface area contributed by atoms with Crippen molar-refractivity contribution in [1.82, 2.24) is 35.3 Å². The fraction of sp³-hybridized carbons (Fsp3) is 0.240. The third-order valence-electron chi connectivity index (χ3n) is 5.96. The minimum atomic E-state index is -0.293. The van der Waals surface area contributed by atoms with Gasteiger partial charge in [-0.2, -0.15) is 10.2 Å². The molecule has 0 fully saturated rings. The summed E-state index contributed by atoms with van der Waals surface area (Å²) in [5.41, 5.74) is 5.44. The second-order valence-electron chi connectivity index (χ2n) is 8.77. The summed E-state index contributed by atoms with van der Waals surface area (Å²) in [5, 5.41) is 16.1. The standard InChI is InChI=1S/C25H25N7O2/c1-13(2)32-23-20(12-28-32)18(24(33)26-11-19-14(3)7-15(4)29-25(19)34)9-21(30-23)16-5-6-17-10-27-31-22(17)8-16/h5-10,12-13H,11H2,1-4H3,(H,26,33)(H,27,31)(H,29,34). The Kier molecular flexibility index (Phi) is 5.24. The van der Waals surface area contributed by atoms with Gasteiger partial charge in [0.25, 0.3) is 11.5 Å². The molecule has 1 aromatic carbocycles. The number of fused-ring (bicyclic) bond motifs is 2. The lowest BCUT2D eigenvalue weighted by molar-refractivity contribution is 0.0952. The molecule has 1 amide bonds. The second-order valence-corrected chi connectivity index (χ2v) is 8.77. The third kappa shape index (κ3) is 3.75. The number of carbonyl (C=O) groups excluding carboxylic acids is 1. The first-order chi connectivity index (χ1) is 16.3. The van der Waals surface area contributed by atoms with Crippen molar-refractivity contribution >= 4 is 27.8 Å². The quantitative estimate of drug-likeness (QED) is 0.372. The van der Waals surface area contributed by atoms with Crippen LogP contribution in [-0.4, -0.2) is 35.9 Å². The fourth-order valence-electron chi connectivity index (χ4n) is 4.19. The Balaban J connectivity index is 1.58. The van der Waals surface area contributed by atoms with Crippen LogP contribution in [0.3, 0.4) is 0 Å². The first-order valence-corrected chi connectivity index (χ1v) is 11.1. The van der Waals surface area contributed by atoms with Crippen molar-refractivity contribution in [2.75, 3.05) is 0 Å². The lowest BCUT2D eigenvalue weighted by Gasteiger charge is -2.12. The van der Waals surface area contributed by atoms with Crippen molar-refractivity contribution in [3.63, 3.8) is 0 Å². The molecule has 9 nitrogen and oxygen atoms in total. The summed E-state index contributed by atoms with van der Waals surface area (Å²) in [6.07, 6.45) is 3.43. The average molecular weight is 456 g/mol. The molecule has 0 saturated carbocycles. The zero-order valence-electron chi connectivity index (χ0n) is 19.4. The van der Waals surface area contributed by atoms with Crippen LogP contribution in [0.1, 0.15) is 47.1 Å². The van der Waals surface area contributed by atoms with E-state index < -0.39 is 0 Å². The van der Waals surface area contributed by atoms with Crippen LogP contribution in [0.5, 0.6) is 0 Å². The van der Waals surface area contributed by atoms with E-state index in [2.05, 4.69) is 25.6 Å². The van der Waals surface area contributed by atoms with E-state index in [1.165, 1.54) is 0 Å². The fourth-order valence-corrected chi connectivity index (χ4v) is 4.19. The summed E-state index contributed by atoms with van der Waals surface area (Å²) in [6.45, 7) is 7.86. The van der Waals surface area contributed by atoms with E-state index in [9.17, 15) is 9.59 Å². The van der Waals surface area contributed by atoms with Crippen LogP contribution in [0.2, 0.25) is 0 Å². The number of rotatable bonds is 5. The number of hydrogen-bond donors (Lipinski definition) is 3. The summed E-state index contributed by atoms with van der Waals surface area (Å²) < 4.78 is 1.80. The number of aryl methyl sites for hydroxylation is 2. The zero-order valence-corrected chi connectivity index (χ0v) is 19.4. The van der Waals surface area contributed by atoms with E-state index in [4.69, 9.17) is 4.98 Å². The lowest BCUT2D eigenvalue weighted by atomic mass is 10.0. The molecule has 0 saturated heterocycles. The molecule has 34 heavy (non-hydrogen) atoms. The smallest absolute Gasteiger partial charge is 0.253 e. The molecule has 9 heteroatoms. The first kappa shape index (κ1) is 21.6. The SMILES string of the molecule is Cc1cc(C)c(CNC(=O)c2cc(-c3ccc4cn[nH]c4c3)nc3c2cnn3C(C)C)c(=O)[nH]1. The Hall–Kier alpha value is -4.27. The molecule has 0 aliphatic rings. The minimum Gasteiger partial charge on any atom is -0.348 e. The number of amides is 1. The van der Waals surface area contributed by atoms with E-state index in [-0.39, 0.29) is 24.1 Å². The van der Waals surface area contributed by atoms with Crippen LogP contribution >= 0.6 is 0 Å². The van der Waals surface area contributed by atoms with Crippen molar-refractivity contribution in [3.8, 4) is 11.3 Å². The van der Waals surface area contributed by atoms with Crippen LogP contribution in [-0.2, 0) is 6.54 Å². The molecule has 0 aliphatic carbocycles. The molecular formula is C25H25N7O2. The number of carbonyl (C=O) groups is 1. The van der Waals surface area contributed by atoms with Crippen molar-refractivity contribution in [2.45, 2.75) is 40.3 Å². The third-order valence-corrected chi connectivity index (χ3v) is 5.96. The van der Waals surface area contributed by atoms with Gasteiger partial charge in [-0.05, 0) is 51.5 Å². The minimum absolute atomic E-state index is 0.0695. The molecule has 3 N–H and O–H groups in total. The highest BCUT2D eigenvalue weighted by atomic mass is 16.1. The Morgan fingerprint density at radius 3 is 2.74 bits per heavy atom. The van der Waals surface area contributed by atoms with Crippen LogP contribution in [0.4, 0.5) is 0 Å². The summed E-state index contributed by atoms with van der Waals surface area (Å²) in [5.74, 6) is -0.293. The lowest BCUT2D eigenvalue weighted by Crippen LogP contribution is -2.28. The Morgan fingerprint density at radius 1 is 1.15 bits per heavy atom. The van der Waals surface area contributed by atoms with Gasteiger partial charge in [0.2, 0.25) is 0 Å². The number of nitrogens with zero attached hydrogens (tertiary/aromatic N) is 4. The van der Waals surface area contributed by atoms with Gasteiger partial charge in [0, 0.05) is 34.8 Å². The monoisotopic (exact) mass is 455 g/mol. The van der Waals surface area contributed by atoms with Crippen LogP contribution in [0.15, 0.2) is 47.5 Å². The molecule has 0 radical (unpaired) electrons. The van der Waals surface area contributed by atoms with Crippen molar-refractivity contribution in [2.24, 2.45) is 0 Å². The van der Waals surface area contributed by atoms with Gasteiger partial charge in [0.1, 0.15) is 0 Å². The highest BCUT2D eigenvalue weighted by molar-refractivity contribution is 6.06. The maximum absolute atomic E-state index is 13.4. The molecule has 0 aliphatic heterocycles. The molecule has 0 bridgehead atoms. The Bertz CT molecular complexity index is 1610. The number of H-pyrrole nitrogens is 2. The van der Waals surface area contributed by atoms with Gasteiger partial charge < -0.3 is 10.3 Å². The molecule has 5 aromatic rings. The van der Waals surface area contributed by atoms with E-state index in [0.29, 0.717) is 27.9 Å². The van der Waals surface area contributed by atoms with E-state index >= 15 is 0 Å². The normalized spacial score (nSPS) is 11.6. The highest BCUT2D eigenvalue weighted by Crippen LogP contribution is 2.28. The van der Waals surface area contributed by atoms with Gasteiger partial charge in [0.05, 0.1) is 34.6 Å². The maximum Gasteiger partial charge on any atom is 0.253 e. The maximum atomic E-state index is 13.4. The van der Waals surface area contributed by atoms with Crippen LogP contribution in [0, 0.1) is 13.8 Å². The number of nitrogens with one attached hydrogen (secondary N) is 3.